The molecule has 4 rings (SSSR count). The van der Waals surface area contributed by atoms with Gasteiger partial charge in [-0.25, -0.2) is 4.39 Å². The van der Waals surface area contributed by atoms with E-state index in [1.807, 2.05) is 0 Å². The van der Waals surface area contributed by atoms with E-state index in [-0.39, 0.29) is 42.0 Å². The molecule has 9 nitrogen and oxygen atoms in total. The Kier molecular flexibility index (Phi) is 9.54. The van der Waals surface area contributed by atoms with Crippen molar-refractivity contribution in [2.45, 2.75) is 44.8 Å². The minimum atomic E-state index is -0.998. The van der Waals surface area contributed by atoms with E-state index in [4.69, 9.17) is 26.8 Å². The smallest absolute Gasteiger partial charge is 0.303 e. The number of carboxylic acid groups (broad SMARTS) is 1. The fraction of sp³-hybridized carbons (Fsp3) is 0.321. The fourth-order valence-corrected chi connectivity index (χ4v) is 5.72. The van der Waals surface area contributed by atoms with Crippen molar-refractivity contribution in [3.8, 4) is 11.5 Å². The minimum Gasteiger partial charge on any atom is -0.493 e. The maximum absolute atomic E-state index is 13.3. The van der Waals surface area contributed by atoms with Gasteiger partial charge in [0.1, 0.15) is 22.8 Å². The highest BCUT2D eigenvalue weighted by Crippen LogP contribution is 2.38. The Morgan fingerprint density at radius 1 is 1.12 bits per heavy atom. The van der Waals surface area contributed by atoms with Crippen molar-refractivity contribution in [3.05, 3.63) is 64.3 Å². The molecule has 2 aliphatic rings. The molecule has 1 atom stereocenters. The highest BCUT2D eigenvalue weighted by Gasteiger charge is 2.48. The number of carboxylic acids is 1. The number of carbonyl (C=O) groups excluding carboxylic acids is 3. The van der Waals surface area contributed by atoms with Crippen LogP contribution >= 0.6 is 24.0 Å². The molecule has 0 spiro atoms. The summed E-state index contributed by atoms with van der Waals surface area (Å²) in [6.45, 7) is 0.385. The lowest BCUT2D eigenvalue weighted by Crippen LogP contribution is -2.44. The Labute approximate surface area is 239 Å². The molecule has 2 aromatic rings. The number of methoxy groups -OCH3 is 1. The number of aliphatic carboxylic acids is 1. The van der Waals surface area contributed by atoms with Gasteiger partial charge in [-0.3, -0.25) is 29.0 Å². The van der Waals surface area contributed by atoms with Crippen LogP contribution in [0.2, 0.25) is 0 Å². The monoisotopic (exact) mass is 586 g/mol. The third-order valence-electron chi connectivity index (χ3n) is 6.42. The molecule has 210 valence electrons. The molecular formula is C28H27FN2O7S2. The lowest BCUT2D eigenvalue weighted by Gasteiger charge is -2.21. The lowest BCUT2D eigenvalue weighted by molar-refractivity contribution is -0.141. The molecule has 40 heavy (non-hydrogen) atoms. The van der Waals surface area contributed by atoms with Gasteiger partial charge in [0.25, 0.3) is 11.8 Å². The summed E-state index contributed by atoms with van der Waals surface area (Å²) >= 11 is 6.45. The number of thiocarbonyl (C=S) groups is 1. The Morgan fingerprint density at radius 3 is 2.58 bits per heavy atom. The van der Waals surface area contributed by atoms with E-state index in [2.05, 4.69) is 0 Å². The third kappa shape index (κ3) is 6.86. The topological polar surface area (TPSA) is 113 Å². The average Bonchev–Trinajstić information content (AvgIpc) is 3.36. The number of amides is 3. The summed E-state index contributed by atoms with van der Waals surface area (Å²) < 4.78 is 24.6. The van der Waals surface area contributed by atoms with E-state index >= 15 is 0 Å². The third-order valence-corrected chi connectivity index (χ3v) is 7.75. The number of thioether (sulfide) groups is 1. The molecule has 2 saturated heterocycles. The number of hydrogen-bond acceptors (Lipinski definition) is 8. The molecule has 0 radical (unpaired) electrons. The van der Waals surface area contributed by atoms with Crippen LogP contribution in [0.5, 0.6) is 11.5 Å². The molecule has 3 amide bonds. The van der Waals surface area contributed by atoms with Crippen molar-refractivity contribution >= 4 is 58.1 Å². The van der Waals surface area contributed by atoms with Gasteiger partial charge in [0.2, 0.25) is 5.91 Å². The standard InChI is InChI=1S/C28H27FN2O7S2/c1-37-22-13-18(8-11-21(22)38-16-17-6-9-19(29)10-7-17)14-23-27(36)31(28(39)40-23)20-15-24(32)30(26(20)35)12-4-2-3-5-25(33)34/h6-11,13-14,20H,2-5,12,15-16H2,1H3,(H,33,34)/b23-14-/t20-/m1/s1. The maximum Gasteiger partial charge on any atom is 0.303 e. The second-order valence-corrected chi connectivity index (χ2v) is 10.9. The van der Waals surface area contributed by atoms with Gasteiger partial charge < -0.3 is 14.6 Å². The first-order valence-electron chi connectivity index (χ1n) is 12.6. The zero-order chi connectivity index (χ0) is 28.8. The van der Waals surface area contributed by atoms with Crippen LogP contribution in [-0.2, 0) is 25.8 Å². The highest BCUT2D eigenvalue weighted by atomic mass is 32.2. The number of halogens is 1. The first-order chi connectivity index (χ1) is 19.2. The Bertz CT molecular complexity index is 1360. The van der Waals surface area contributed by atoms with E-state index in [1.54, 1.807) is 36.4 Å². The summed E-state index contributed by atoms with van der Waals surface area (Å²) in [5.41, 5.74) is 1.43. The summed E-state index contributed by atoms with van der Waals surface area (Å²) in [4.78, 5) is 52.1. The Hall–Kier alpha value is -3.77. The van der Waals surface area contributed by atoms with Crippen LogP contribution < -0.4 is 9.47 Å². The van der Waals surface area contributed by atoms with Crippen LogP contribution in [-0.4, -0.2) is 62.6 Å². The molecule has 2 heterocycles. The van der Waals surface area contributed by atoms with Crippen molar-refractivity contribution in [1.82, 2.24) is 9.80 Å². The van der Waals surface area contributed by atoms with Crippen LogP contribution in [0.3, 0.4) is 0 Å². The van der Waals surface area contributed by atoms with Gasteiger partial charge in [-0.2, -0.15) is 0 Å². The first kappa shape index (κ1) is 29.2. The number of ether oxygens (including phenoxy) is 2. The van der Waals surface area contributed by atoms with Crippen molar-refractivity contribution in [1.29, 1.82) is 0 Å². The maximum atomic E-state index is 13.3. The molecule has 0 aromatic heterocycles. The van der Waals surface area contributed by atoms with Gasteiger partial charge in [-0.15, -0.1) is 0 Å². The molecule has 0 unspecified atom stereocenters. The Balaban J connectivity index is 1.41. The van der Waals surface area contributed by atoms with Crippen molar-refractivity contribution in [2.24, 2.45) is 0 Å². The second kappa shape index (κ2) is 13.1. The normalized spacial score (nSPS) is 18.2. The molecule has 0 saturated carbocycles. The van der Waals surface area contributed by atoms with Crippen LogP contribution in [0.15, 0.2) is 47.4 Å². The highest BCUT2D eigenvalue weighted by molar-refractivity contribution is 8.26. The summed E-state index contributed by atoms with van der Waals surface area (Å²) in [7, 11) is 1.49. The van der Waals surface area contributed by atoms with Gasteiger partial charge in [0.15, 0.2) is 11.5 Å². The molecule has 0 bridgehead atoms. The number of hydrogen-bond donors (Lipinski definition) is 1. The molecule has 1 N–H and O–H groups in total. The van der Waals surface area contributed by atoms with Crippen LogP contribution in [0.4, 0.5) is 4.39 Å². The van der Waals surface area contributed by atoms with Crippen molar-refractivity contribution < 1.29 is 38.1 Å². The predicted molar refractivity (Wildman–Crippen MR) is 150 cm³/mol. The number of benzene rings is 2. The number of likely N-dealkylation sites (tertiary alicyclic amines) is 1. The summed E-state index contributed by atoms with van der Waals surface area (Å²) in [6, 6.07) is 10.1. The zero-order valence-corrected chi connectivity index (χ0v) is 23.3. The quantitative estimate of drug-likeness (QED) is 0.167. The summed E-state index contributed by atoms with van der Waals surface area (Å²) in [5, 5.41) is 8.74. The van der Waals surface area contributed by atoms with E-state index in [0.29, 0.717) is 41.2 Å². The first-order valence-corrected chi connectivity index (χ1v) is 13.8. The summed E-state index contributed by atoms with van der Waals surface area (Å²) in [5.74, 6) is -1.64. The molecule has 2 aliphatic heterocycles. The van der Waals surface area contributed by atoms with Gasteiger partial charge in [0, 0.05) is 13.0 Å². The van der Waals surface area contributed by atoms with E-state index in [9.17, 15) is 23.6 Å². The lowest BCUT2D eigenvalue weighted by atomic mass is 10.1. The zero-order valence-electron chi connectivity index (χ0n) is 21.6. The number of carbonyl (C=O) groups is 4. The predicted octanol–water partition coefficient (Wildman–Crippen LogP) is 4.39. The van der Waals surface area contributed by atoms with Gasteiger partial charge in [-0.1, -0.05) is 48.6 Å². The summed E-state index contributed by atoms with van der Waals surface area (Å²) in [6.07, 6.45) is 3.03. The SMILES string of the molecule is COc1cc(/C=C2\SC(=S)N([C@@H]3CC(=O)N(CCCCCC(=O)O)C3=O)C2=O)ccc1OCc1ccc(F)cc1. The number of rotatable bonds is 12. The van der Waals surface area contributed by atoms with Crippen LogP contribution in [0.1, 0.15) is 43.2 Å². The van der Waals surface area contributed by atoms with Gasteiger partial charge >= 0.3 is 5.97 Å². The minimum absolute atomic E-state index is 0.0328. The number of nitrogens with zero attached hydrogens (tertiary/aromatic N) is 2. The molecule has 2 fully saturated rings. The largest absolute Gasteiger partial charge is 0.493 e. The van der Waals surface area contributed by atoms with Crippen LogP contribution in [0.25, 0.3) is 6.08 Å². The van der Waals surface area contributed by atoms with E-state index in [1.165, 1.54) is 24.1 Å². The van der Waals surface area contributed by atoms with Crippen molar-refractivity contribution in [2.75, 3.05) is 13.7 Å². The number of unbranched alkanes of at least 4 members (excludes halogenated alkanes) is 2. The van der Waals surface area contributed by atoms with Crippen molar-refractivity contribution in [3.63, 3.8) is 0 Å². The molecular weight excluding hydrogens is 559 g/mol. The molecule has 12 heteroatoms. The average molecular weight is 587 g/mol. The number of imide groups is 1. The van der Waals surface area contributed by atoms with Crippen LogP contribution in [0, 0.1) is 5.82 Å². The molecule has 0 aliphatic carbocycles. The van der Waals surface area contributed by atoms with E-state index < -0.39 is 23.8 Å². The van der Waals surface area contributed by atoms with Gasteiger partial charge in [0.05, 0.1) is 18.4 Å². The van der Waals surface area contributed by atoms with E-state index in [0.717, 1.165) is 22.2 Å². The van der Waals surface area contributed by atoms with Gasteiger partial charge in [-0.05, 0) is 54.3 Å². The fourth-order valence-electron chi connectivity index (χ4n) is 4.36. The second-order valence-electron chi connectivity index (χ2n) is 9.19. The Morgan fingerprint density at radius 2 is 1.88 bits per heavy atom. The molecule has 2 aromatic carbocycles.